The summed E-state index contributed by atoms with van der Waals surface area (Å²) in [5.74, 6) is 1.14. The Morgan fingerprint density at radius 2 is 1.85 bits per heavy atom. The zero-order chi connectivity index (χ0) is 10.5. The van der Waals surface area contributed by atoms with E-state index in [1.807, 2.05) is 24.0 Å². The van der Waals surface area contributed by atoms with Gasteiger partial charge >= 0.3 is 7.25 Å². The molecule has 0 radical (unpaired) electrons. The van der Waals surface area contributed by atoms with E-state index in [0.29, 0.717) is 0 Å². The Bertz CT molecular complexity index is 239. The summed E-state index contributed by atoms with van der Waals surface area (Å²) in [5.41, 5.74) is 0. The molecule has 1 rings (SSSR count). The van der Waals surface area contributed by atoms with Crippen molar-refractivity contribution in [1.29, 1.82) is 0 Å². The van der Waals surface area contributed by atoms with Crippen LogP contribution in [0.3, 0.4) is 0 Å². The molecule has 0 atom stereocenters. The van der Waals surface area contributed by atoms with Crippen molar-refractivity contribution in [2.24, 2.45) is 7.05 Å². The lowest BCUT2D eigenvalue weighted by atomic mass is 10.3. The van der Waals surface area contributed by atoms with Crippen LogP contribution in [0.15, 0.2) is 12.4 Å². The van der Waals surface area contributed by atoms with Gasteiger partial charge in [-0.3, -0.25) is 0 Å². The van der Waals surface area contributed by atoms with Crippen LogP contribution < -0.4 is 0 Å². The van der Waals surface area contributed by atoms with Crippen molar-refractivity contribution < 1.29 is 17.3 Å². The van der Waals surface area contributed by atoms with E-state index in [2.05, 4.69) is 11.9 Å². The van der Waals surface area contributed by atoms with Gasteiger partial charge in [-0.2, -0.15) is 0 Å². The van der Waals surface area contributed by atoms with Crippen LogP contribution in [0.2, 0.25) is 0 Å². The van der Waals surface area contributed by atoms with Crippen molar-refractivity contribution in [3.8, 4) is 0 Å². The topological polar surface area (TPSA) is 17.8 Å². The summed E-state index contributed by atoms with van der Waals surface area (Å²) in [6.07, 6.45) is 4.79. The third-order valence-corrected chi connectivity index (χ3v) is 1.24. The standard InChI is InChI=1S/C6H10N2.BF4/c1-3-6-7-4-5-8(6)2;2-1(3,4)5/h4-5H,3H2,1-2H3;/q;-1. The maximum absolute atomic E-state index is 9.75. The third kappa shape index (κ3) is 7.36. The number of hydrogen-bond acceptors (Lipinski definition) is 1. The first-order valence-corrected chi connectivity index (χ1v) is 3.68. The summed E-state index contributed by atoms with van der Waals surface area (Å²) >= 11 is 0. The van der Waals surface area contributed by atoms with Crippen LogP contribution in [-0.2, 0) is 13.5 Å². The predicted octanol–water partition coefficient (Wildman–Crippen LogP) is 2.28. The van der Waals surface area contributed by atoms with Crippen LogP contribution in [0.25, 0.3) is 0 Å². The Balaban J connectivity index is 0.000000252. The number of nitrogens with zero attached hydrogens (tertiary/aromatic N) is 2. The zero-order valence-corrected chi connectivity index (χ0v) is 7.35. The lowest BCUT2D eigenvalue weighted by Crippen LogP contribution is -2.02. The molecule has 1 aromatic rings. The summed E-state index contributed by atoms with van der Waals surface area (Å²) in [6, 6.07) is 0. The predicted molar refractivity (Wildman–Crippen MR) is 42.8 cm³/mol. The SMILES string of the molecule is CCc1nccn1C.F[B-](F)(F)F. The molecule has 0 spiro atoms. The molecule has 76 valence electrons. The quantitative estimate of drug-likeness (QED) is 0.498. The van der Waals surface area contributed by atoms with Crippen molar-refractivity contribution in [2.45, 2.75) is 13.3 Å². The number of aryl methyl sites for hydroxylation is 2. The van der Waals surface area contributed by atoms with Crippen molar-refractivity contribution >= 4 is 7.25 Å². The largest absolute Gasteiger partial charge is 0.673 e. The van der Waals surface area contributed by atoms with Gasteiger partial charge in [0, 0.05) is 25.9 Å². The first-order valence-electron chi connectivity index (χ1n) is 3.68. The van der Waals surface area contributed by atoms with Crippen LogP contribution in [0.1, 0.15) is 12.7 Å². The molecule has 0 bridgehead atoms. The van der Waals surface area contributed by atoms with E-state index in [0.717, 1.165) is 12.2 Å². The van der Waals surface area contributed by atoms with Crippen LogP contribution in [0, 0.1) is 0 Å². The highest BCUT2D eigenvalue weighted by Crippen LogP contribution is 2.06. The van der Waals surface area contributed by atoms with Gasteiger partial charge < -0.3 is 21.8 Å². The number of hydrogen-bond donors (Lipinski definition) is 0. The van der Waals surface area contributed by atoms with Crippen molar-refractivity contribution in [2.75, 3.05) is 0 Å². The maximum Gasteiger partial charge on any atom is 0.673 e. The van der Waals surface area contributed by atoms with Gasteiger partial charge in [0.15, 0.2) is 0 Å². The molecule has 1 aromatic heterocycles. The van der Waals surface area contributed by atoms with Gasteiger partial charge in [-0.05, 0) is 0 Å². The summed E-state index contributed by atoms with van der Waals surface area (Å²) in [4.78, 5) is 4.10. The fraction of sp³-hybridized carbons (Fsp3) is 0.500. The molecule has 0 aliphatic carbocycles. The van der Waals surface area contributed by atoms with Crippen molar-refractivity contribution in [3.05, 3.63) is 18.2 Å². The van der Waals surface area contributed by atoms with E-state index >= 15 is 0 Å². The van der Waals surface area contributed by atoms with Gasteiger partial charge in [0.25, 0.3) is 0 Å². The van der Waals surface area contributed by atoms with Crippen LogP contribution in [0.4, 0.5) is 17.3 Å². The second kappa shape index (κ2) is 4.88. The smallest absolute Gasteiger partial charge is 0.418 e. The van der Waals surface area contributed by atoms with E-state index in [1.54, 1.807) is 0 Å². The minimum absolute atomic E-state index is 1.02. The molecule has 0 fully saturated rings. The summed E-state index contributed by atoms with van der Waals surface area (Å²) < 4.78 is 41.0. The van der Waals surface area contributed by atoms with Gasteiger partial charge in [0.2, 0.25) is 0 Å². The highest BCUT2D eigenvalue weighted by Gasteiger charge is 2.20. The van der Waals surface area contributed by atoms with E-state index in [1.165, 1.54) is 0 Å². The number of halogens is 4. The minimum atomic E-state index is -6.00. The Labute approximate surface area is 73.7 Å². The molecule has 0 saturated carbocycles. The highest BCUT2D eigenvalue weighted by atomic mass is 19.5. The Morgan fingerprint density at radius 3 is 2.00 bits per heavy atom. The lowest BCUT2D eigenvalue weighted by Gasteiger charge is -1.94. The molecule has 0 aliphatic heterocycles. The van der Waals surface area contributed by atoms with E-state index in [9.17, 15) is 17.3 Å². The monoisotopic (exact) mass is 197 g/mol. The Hall–Kier alpha value is -1.01. The third-order valence-electron chi connectivity index (χ3n) is 1.24. The van der Waals surface area contributed by atoms with Crippen LogP contribution >= 0.6 is 0 Å². The molecule has 2 nitrogen and oxygen atoms in total. The lowest BCUT2D eigenvalue weighted by molar-refractivity contribution is 0.368. The Kier molecular flexibility index (Phi) is 4.51. The van der Waals surface area contributed by atoms with Crippen molar-refractivity contribution in [3.63, 3.8) is 0 Å². The molecule has 0 saturated heterocycles. The maximum atomic E-state index is 9.75. The fourth-order valence-corrected chi connectivity index (χ4v) is 0.737. The van der Waals surface area contributed by atoms with E-state index in [-0.39, 0.29) is 0 Å². The molecular formula is C6H10BF4N2-. The molecule has 7 heteroatoms. The average molecular weight is 197 g/mol. The molecule has 0 amide bonds. The molecule has 0 aromatic carbocycles. The number of rotatable bonds is 1. The van der Waals surface area contributed by atoms with Crippen molar-refractivity contribution in [1.82, 2.24) is 9.55 Å². The molecule has 0 N–H and O–H groups in total. The van der Waals surface area contributed by atoms with E-state index in [4.69, 9.17) is 0 Å². The molecular weight excluding hydrogens is 187 g/mol. The highest BCUT2D eigenvalue weighted by molar-refractivity contribution is 6.50. The van der Waals surface area contributed by atoms with Crippen LogP contribution in [0.5, 0.6) is 0 Å². The van der Waals surface area contributed by atoms with Gasteiger partial charge in [0.1, 0.15) is 5.82 Å². The van der Waals surface area contributed by atoms with Gasteiger partial charge in [0.05, 0.1) is 0 Å². The van der Waals surface area contributed by atoms with E-state index < -0.39 is 7.25 Å². The summed E-state index contributed by atoms with van der Waals surface area (Å²) in [7, 11) is -3.99. The first-order chi connectivity index (χ1) is 5.84. The first kappa shape index (κ1) is 12.0. The van der Waals surface area contributed by atoms with Crippen LogP contribution in [-0.4, -0.2) is 16.8 Å². The average Bonchev–Trinajstić information content (AvgIpc) is 2.31. The molecule has 1 heterocycles. The van der Waals surface area contributed by atoms with Gasteiger partial charge in [-0.25, -0.2) is 4.98 Å². The van der Waals surface area contributed by atoms with Gasteiger partial charge in [-0.15, -0.1) is 0 Å². The fourth-order valence-electron chi connectivity index (χ4n) is 0.737. The van der Waals surface area contributed by atoms with Gasteiger partial charge in [-0.1, -0.05) is 6.92 Å². The number of aromatic nitrogens is 2. The second-order valence-electron chi connectivity index (χ2n) is 2.30. The summed E-state index contributed by atoms with van der Waals surface area (Å²) in [5, 5.41) is 0. The molecule has 0 unspecified atom stereocenters. The summed E-state index contributed by atoms with van der Waals surface area (Å²) in [6.45, 7) is 2.10. The molecule has 13 heavy (non-hydrogen) atoms. The molecule has 0 aliphatic rings. The Morgan fingerprint density at radius 1 is 1.38 bits per heavy atom. The normalized spacial score (nSPS) is 10.6. The second-order valence-corrected chi connectivity index (χ2v) is 2.30. The minimum Gasteiger partial charge on any atom is -0.418 e. The zero-order valence-electron chi connectivity index (χ0n) is 7.35. The number of imidazole rings is 1.